The predicted octanol–water partition coefficient (Wildman–Crippen LogP) is 2.04. The first-order chi connectivity index (χ1) is 13.6. The zero-order valence-corrected chi connectivity index (χ0v) is 15.1. The molecule has 0 aliphatic carbocycles. The van der Waals surface area contributed by atoms with Crippen LogP contribution < -0.4 is 5.32 Å². The number of benzene rings is 1. The SMILES string of the molecule is O=C(Nc1cnccn1)[C@@H]1CCCN(Cn2ncc3ccc([N+](=O)[O-])cc32)C1. The van der Waals surface area contributed by atoms with E-state index in [1.807, 2.05) is 0 Å². The Morgan fingerprint density at radius 3 is 3.00 bits per heavy atom. The number of amides is 1. The molecule has 0 saturated carbocycles. The van der Waals surface area contributed by atoms with Crippen LogP contribution in [0.4, 0.5) is 11.5 Å². The molecule has 1 aliphatic heterocycles. The summed E-state index contributed by atoms with van der Waals surface area (Å²) in [5, 5.41) is 19.1. The molecule has 1 aromatic carbocycles. The van der Waals surface area contributed by atoms with Crippen LogP contribution in [0.1, 0.15) is 12.8 Å². The molecule has 1 N–H and O–H groups in total. The van der Waals surface area contributed by atoms with Crippen LogP contribution in [0.25, 0.3) is 10.9 Å². The molecule has 1 aliphatic rings. The second-order valence-electron chi connectivity index (χ2n) is 6.78. The standard InChI is InChI=1S/C18H19N7O3/c26-18(22-17-10-19-5-6-20-17)14-2-1-7-23(11-14)12-24-16-8-15(25(27)28)4-3-13(16)9-21-24/h3-6,8-10,14H,1-2,7,11-12H2,(H,20,22,26)/t14-/m1/s1. The van der Waals surface area contributed by atoms with Gasteiger partial charge in [-0.1, -0.05) is 0 Å². The third-order valence-electron chi connectivity index (χ3n) is 4.86. The molecule has 1 amide bonds. The first-order valence-corrected chi connectivity index (χ1v) is 8.99. The van der Waals surface area contributed by atoms with E-state index in [0.717, 1.165) is 24.8 Å². The van der Waals surface area contributed by atoms with Gasteiger partial charge in [-0.05, 0) is 25.5 Å². The van der Waals surface area contributed by atoms with E-state index in [1.165, 1.54) is 24.5 Å². The summed E-state index contributed by atoms with van der Waals surface area (Å²) in [6.07, 6.45) is 7.98. The molecular weight excluding hydrogens is 362 g/mol. The molecule has 1 fully saturated rings. The van der Waals surface area contributed by atoms with Gasteiger partial charge in [0.05, 0.1) is 35.4 Å². The number of fused-ring (bicyclic) bond motifs is 1. The molecule has 144 valence electrons. The van der Waals surface area contributed by atoms with Crippen molar-refractivity contribution < 1.29 is 9.72 Å². The van der Waals surface area contributed by atoms with E-state index in [-0.39, 0.29) is 17.5 Å². The smallest absolute Gasteiger partial charge is 0.271 e. The summed E-state index contributed by atoms with van der Waals surface area (Å²) in [6, 6.07) is 4.71. The second kappa shape index (κ2) is 7.69. The molecule has 0 bridgehead atoms. The van der Waals surface area contributed by atoms with Crippen LogP contribution in [0.15, 0.2) is 43.0 Å². The van der Waals surface area contributed by atoms with Crippen molar-refractivity contribution >= 4 is 28.3 Å². The van der Waals surface area contributed by atoms with Gasteiger partial charge in [0.15, 0.2) is 5.82 Å². The van der Waals surface area contributed by atoms with Crippen molar-refractivity contribution in [2.24, 2.45) is 5.92 Å². The number of nitro benzene ring substituents is 1. The fraction of sp³-hybridized carbons (Fsp3) is 0.333. The Balaban J connectivity index is 1.45. The number of nitrogens with one attached hydrogen (secondary N) is 1. The normalized spacial score (nSPS) is 17.5. The quantitative estimate of drug-likeness (QED) is 0.530. The zero-order chi connectivity index (χ0) is 19.5. The lowest BCUT2D eigenvalue weighted by Gasteiger charge is -2.31. The fourth-order valence-electron chi connectivity index (χ4n) is 3.46. The number of aromatic nitrogens is 4. The number of nitrogens with zero attached hydrogens (tertiary/aromatic N) is 6. The minimum absolute atomic E-state index is 0.0362. The maximum Gasteiger partial charge on any atom is 0.271 e. The molecule has 0 unspecified atom stereocenters. The summed E-state index contributed by atoms with van der Waals surface area (Å²) < 4.78 is 1.74. The van der Waals surface area contributed by atoms with Crippen LogP contribution in [0.5, 0.6) is 0 Å². The monoisotopic (exact) mass is 381 g/mol. The van der Waals surface area contributed by atoms with Crippen LogP contribution in [0, 0.1) is 16.0 Å². The van der Waals surface area contributed by atoms with Crippen molar-refractivity contribution in [3.05, 3.63) is 53.1 Å². The van der Waals surface area contributed by atoms with Crippen LogP contribution in [0.2, 0.25) is 0 Å². The Bertz CT molecular complexity index is 1000. The van der Waals surface area contributed by atoms with E-state index in [4.69, 9.17) is 0 Å². The van der Waals surface area contributed by atoms with E-state index in [2.05, 4.69) is 25.3 Å². The summed E-state index contributed by atoms with van der Waals surface area (Å²) in [5.74, 6) is 0.202. The van der Waals surface area contributed by atoms with Crippen molar-refractivity contribution in [1.29, 1.82) is 0 Å². The van der Waals surface area contributed by atoms with Gasteiger partial charge in [0, 0.05) is 36.5 Å². The Labute approximate surface area is 160 Å². The number of hydrogen-bond acceptors (Lipinski definition) is 7. The number of hydrogen-bond donors (Lipinski definition) is 1. The number of carbonyl (C=O) groups is 1. The number of anilines is 1. The third-order valence-corrected chi connectivity index (χ3v) is 4.86. The van der Waals surface area contributed by atoms with Crippen molar-refractivity contribution in [2.45, 2.75) is 19.5 Å². The van der Waals surface area contributed by atoms with Gasteiger partial charge in [0.2, 0.25) is 5.91 Å². The molecule has 2 aromatic heterocycles. The average molecular weight is 381 g/mol. The molecule has 10 heteroatoms. The van der Waals surface area contributed by atoms with Gasteiger partial charge in [-0.25, -0.2) is 4.98 Å². The topological polar surface area (TPSA) is 119 Å². The van der Waals surface area contributed by atoms with Crippen LogP contribution in [-0.4, -0.2) is 48.6 Å². The summed E-state index contributed by atoms with van der Waals surface area (Å²) in [7, 11) is 0. The highest BCUT2D eigenvalue weighted by molar-refractivity contribution is 5.91. The minimum Gasteiger partial charge on any atom is -0.309 e. The molecule has 0 radical (unpaired) electrons. The number of piperidine rings is 1. The highest BCUT2D eigenvalue weighted by Gasteiger charge is 2.26. The maximum absolute atomic E-state index is 12.5. The summed E-state index contributed by atoms with van der Waals surface area (Å²) in [5.41, 5.74) is 0.745. The number of nitro groups is 1. The van der Waals surface area contributed by atoms with Gasteiger partial charge in [-0.15, -0.1) is 0 Å². The molecule has 3 aromatic rings. The van der Waals surface area contributed by atoms with Crippen molar-refractivity contribution in [3.63, 3.8) is 0 Å². The number of rotatable bonds is 5. The summed E-state index contributed by atoms with van der Waals surface area (Å²) in [6.45, 7) is 1.90. The van der Waals surface area contributed by atoms with Gasteiger partial charge < -0.3 is 5.32 Å². The van der Waals surface area contributed by atoms with Crippen LogP contribution in [-0.2, 0) is 11.5 Å². The lowest BCUT2D eigenvalue weighted by atomic mass is 9.97. The highest BCUT2D eigenvalue weighted by Crippen LogP contribution is 2.23. The van der Waals surface area contributed by atoms with E-state index >= 15 is 0 Å². The average Bonchev–Trinajstić information content (AvgIpc) is 3.11. The van der Waals surface area contributed by atoms with Crippen LogP contribution >= 0.6 is 0 Å². The van der Waals surface area contributed by atoms with E-state index in [9.17, 15) is 14.9 Å². The highest BCUT2D eigenvalue weighted by atomic mass is 16.6. The van der Waals surface area contributed by atoms with E-state index < -0.39 is 4.92 Å². The van der Waals surface area contributed by atoms with Gasteiger partial charge >= 0.3 is 0 Å². The molecular formula is C18H19N7O3. The number of likely N-dealkylation sites (tertiary alicyclic amines) is 1. The maximum atomic E-state index is 12.5. The minimum atomic E-state index is -0.412. The van der Waals surface area contributed by atoms with Gasteiger partial charge in [-0.3, -0.25) is 29.5 Å². The van der Waals surface area contributed by atoms with E-state index in [0.29, 0.717) is 24.5 Å². The van der Waals surface area contributed by atoms with Gasteiger partial charge in [-0.2, -0.15) is 5.10 Å². The van der Waals surface area contributed by atoms with Crippen molar-refractivity contribution in [1.82, 2.24) is 24.6 Å². The van der Waals surface area contributed by atoms with Gasteiger partial charge in [0.25, 0.3) is 5.69 Å². The Morgan fingerprint density at radius 1 is 1.32 bits per heavy atom. The van der Waals surface area contributed by atoms with Crippen LogP contribution in [0.3, 0.4) is 0 Å². The zero-order valence-electron chi connectivity index (χ0n) is 15.1. The molecule has 3 heterocycles. The third kappa shape index (κ3) is 3.81. The Morgan fingerprint density at radius 2 is 2.21 bits per heavy atom. The summed E-state index contributed by atoms with van der Waals surface area (Å²) >= 11 is 0. The van der Waals surface area contributed by atoms with E-state index in [1.54, 1.807) is 23.1 Å². The number of non-ortho nitro benzene ring substituents is 1. The number of carbonyl (C=O) groups excluding carboxylic acids is 1. The Hall–Kier alpha value is -3.40. The molecule has 10 nitrogen and oxygen atoms in total. The van der Waals surface area contributed by atoms with Crippen molar-refractivity contribution in [2.75, 3.05) is 18.4 Å². The molecule has 1 saturated heterocycles. The lowest BCUT2D eigenvalue weighted by molar-refractivity contribution is -0.384. The van der Waals surface area contributed by atoms with Crippen molar-refractivity contribution in [3.8, 4) is 0 Å². The first kappa shape index (κ1) is 18.0. The molecule has 28 heavy (non-hydrogen) atoms. The molecule has 1 atom stereocenters. The molecule has 4 rings (SSSR count). The summed E-state index contributed by atoms with van der Waals surface area (Å²) in [4.78, 5) is 33.3. The first-order valence-electron chi connectivity index (χ1n) is 8.99. The fourth-order valence-corrected chi connectivity index (χ4v) is 3.46. The molecule has 0 spiro atoms. The predicted molar refractivity (Wildman–Crippen MR) is 101 cm³/mol. The van der Waals surface area contributed by atoms with Gasteiger partial charge in [0.1, 0.15) is 0 Å². The second-order valence-corrected chi connectivity index (χ2v) is 6.78. The Kier molecular flexibility index (Phi) is 4.94. The lowest BCUT2D eigenvalue weighted by Crippen LogP contribution is -2.41. The largest absolute Gasteiger partial charge is 0.309 e.